The Morgan fingerprint density at radius 2 is 2.19 bits per heavy atom. The normalized spacial score (nSPS) is 13.8. The molecule has 0 radical (unpaired) electrons. The molecule has 5 nitrogen and oxygen atoms in total. The smallest absolute Gasteiger partial charge is 0.231 e. The van der Waals surface area contributed by atoms with Crippen molar-refractivity contribution >= 4 is 28.2 Å². The Morgan fingerprint density at radius 1 is 1.44 bits per heavy atom. The van der Waals surface area contributed by atoms with Crippen LogP contribution in [-0.4, -0.2) is 17.7 Å². The first-order valence-electron chi connectivity index (χ1n) is 4.56. The predicted molar refractivity (Wildman–Crippen MR) is 60.2 cm³/mol. The van der Waals surface area contributed by atoms with Gasteiger partial charge in [-0.2, -0.15) is 5.10 Å². The van der Waals surface area contributed by atoms with Gasteiger partial charge in [0, 0.05) is 13.0 Å². The number of halogens is 1. The Hall–Kier alpha value is -1.75. The zero-order chi connectivity index (χ0) is 11.5. The van der Waals surface area contributed by atoms with Crippen LogP contribution in [0, 0.1) is 0 Å². The molecule has 0 atom stereocenters. The molecule has 2 rings (SSSR count). The van der Waals surface area contributed by atoms with Gasteiger partial charge in [0.2, 0.25) is 6.79 Å². The molecule has 0 fully saturated rings. The zero-order valence-electron chi connectivity index (χ0n) is 8.49. The first kappa shape index (κ1) is 10.8. The van der Waals surface area contributed by atoms with E-state index in [1.54, 1.807) is 18.2 Å². The minimum Gasteiger partial charge on any atom is -0.454 e. The van der Waals surface area contributed by atoms with Gasteiger partial charge in [-0.15, -0.1) is 0 Å². The van der Waals surface area contributed by atoms with E-state index in [1.165, 1.54) is 6.92 Å². The molecule has 0 spiro atoms. The molecule has 1 aromatic carbocycles. The first-order valence-corrected chi connectivity index (χ1v) is 4.94. The van der Waals surface area contributed by atoms with E-state index in [-0.39, 0.29) is 17.7 Å². The lowest BCUT2D eigenvalue weighted by atomic mass is 10.3. The Labute approximate surface area is 97.0 Å². The van der Waals surface area contributed by atoms with Gasteiger partial charge in [0.25, 0.3) is 0 Å². The summed E-state index contributed by atoms with van der Waals surface area (Å²) in [4.78, 5) is 10.8. The highest BCUT2D eigenvalue weighted by Crippen LogP contribution is 2.34. The van der Waals surface area contributed by atoms with Gasteiger partial charge in [0.1, 0.15) is 0 Å². The number of fused-ring (bicyclic) bond motifs is 1. The van der Waals surface area contributed by atoms with Crippen molar-refractivity contribution in [2.45, 2.75) is 6.92 Å². The van der Waals surface area contributed by atoms with E-state index in [1.807, 2.05) is 0 Å². The number of carbonyl (C=O) groups is 1. The fraction of sp³-hybridized carbons (Fsp3) is 0.200. The van der Waals surface area contributed by atoms with Crippen LogP contribution in [0.2, 0.25) is 0 Å². The zero-order valence-corrected chi connectivity index (χ0v) is 9.25. The van der Waals surface area contributed by atoms with Gasteiger partial charge < -0.3 is 9.47 Å². The SMILES string of the molecule is CC(=O)/C(Cl)=N\Nc1ccc2c(c1)OCO2. The lowest BCUT2D eigenvalue weighted by Crippen LogP contribution is -2.04. The highest BCUT2D eigenvalue weighted by Gasteiger charge is 2.12. The number of carbonyl (C=O) groups excluding carboxylic acids is 1. The molecular formula is C10H9ClN2O3. The third-order valence-corrected chi connectivity index (χ3v) is 2.30. The van der Waals surface area contributed by atoms with E-state index in [0.717, 1.165) is 0 Å². The summed E-state index contributed by atoms with van der Waals surface area (Å²) in [6.45, 7) is 1.56. The molecule has 0 amide bonds. The number of Topliss-reactive ketones (excluding diaryl/α,β-unsaturated/α-hetero) is 1. The van der Waals surface area contributed by atoms with Crippen molar-refractivity contribution in [1.29, 1.82) is 0 Å². The quantitative estimate of drug-likeness (QED) is 0.648. The molecule has 0 unspecified atom stereocenters. The Kier molecular flexibility index (Phi) is 2.96. The third-order valence-electron chi connectivity index (χ3n) is 1.95. The molecule has 6 heteroatoms. The second-order valence-corrected chi connectivity index (χ2v) is 3.50. The lowest BCUT2D eigenvalue weighted by Gasteiger charge is -2.01. The van der Waals surface area contributed by atoms with E-state index >= 15 is 0 Å². The van der Waals surface area contributed by atoms with Crippen molar-refractivity contribution in [3.05, 3.63) is 18.2 Å². The van der Waals surface area contributed by atoms with Crippen LogP contribution in [0.5, 0.6) is 11.5 Å². The summed E-state index contributed by atoms with van der Waals surface area (Å²) in [6, 6.07) is 5.22. The van der Waals surface area contributed by atoms with Crippen LogP contribution < -0.4 is 14.9 Å². The van der Waals surface area contributed by atoms with Crippen LogP contribution in [0.4, 0.5) is 5.69 Å². The highest BCUT2D eigenvalue weighted by molar-refractivity contribution is 6.82. The second-order valence-electron chi connectivity index (χ2n) is 3.14. The second kappa shape index (κ2) is 4.40. The third kappa shape index (κ3) is 2.25. The standard InChI is InChI=1S/C10H9ClN2O3/c1-6(14)10(11)13-12-7-2-3-8-9(4-7)16-5-15-8/h2-4,12H,5H2,1H3/b13-10+. The van der Waals surface area contributed by atoms with Crippen molar-refractivity contribution < 1.29 is 14.3 Å². The van der Waals surface area contributed by atoms with E-state index in [0.29, 0.717) is 17.2 Å². The molecule has 0 saturated carbocycles. The Balaban J connectivity index is 2.11. The molecule has 1 aliphatic rings. The molecule has 84 valence electrons. The van der Waals surface area contributed by atoms with E-state index < -0.39 is 0 Å². The van der Waals surface area contributed by atoms with E-state index in [4.69, 9.17) is 21.1 Å². The molecule has 1 N–H and O–H groups in total. The number of benzene rings is 1. The maximum Gasteiger partial charge on any atom is 0.231 e. The topological polar surface area (TPSA) is 59.9 Å². The molecule has 1 aromatic rings. The molecule has 16 heavy (non-hydrogen) atoms. The summed E-state index contributed by atoms with van der Waals surface area (Å²) in [5, 5.41) is 3.61. The summed E-state index contributed by atoms with van der Waals surface area (Å²) < 4.78 is 10.3. The number of hydrazone groups is 1. The first-order chi connectivity index (χ1) is 7.66. The summed E-state index contributed by atoms with van der Waals surface area (Å²) in [6.07, 6.45) is 0. The van der Waals surface area contributed by atoms with Crippen LogP contribution in [-0.2, 0) is 4.79 Å². The van der Waals surface area contributed by atoms with Crippen molar-refractivity contribution in [1.82, 2.24) is 0 Å². The lowest BCUT2D eigenvalue weighted by molar-refractivity contribution is -0.110. The highest BCUT2D eigenvalue weighted by atomic mass is 35.5. The van der Waals surface area contributed by atoms with Crippen molar-refractivity contribution in [3.63, 3.8) is 0 Å². The Morgan fingerprint density at radius 3 is 2.94 bits per heavy atom. The summed E-state index contributed by atoms with van der Waals surface area (Å²) in [5.41, 5.74) is 3.33. The van der Waals surface area contributed by atoms with Crippen LogP contribution in [0.1, 0.15) is 6.92 Å². The fourth-order valence-corrected chi connectivity index (χ4v) is 1.20. The van der Waals surface area contributed by atoms with Gasteiger partial charge in [-0.05, 0) is 12.1 Å². The average Bonchev–Trinajstić information content (AvgIpc) is 2.72. The molecular weight excluding hydrogens is 232 g/mol. The van der Waals surface area contributed by atoms with Crippen molar-refractivity contribution in [3.8, 4) is 11.5 Å². The molecule has 0 saturated heterocycles. The van der Waals surface area contributed by atoms with Crippen molar-refractivity contribution in [2.75, 3.05) is 12.2 Å². The molecule has 1 heterocycles. The van der Waals surface area contributed by atoms with E-state index in [9.17, 15) is 4.79 Å². The maximum absolute atomic E-state index is 10.8. The number of nitrogens with one attached hydrogen (secondary N) is 1. The number of hydrogen-bond donors (Lipinski definition) is 1. The minimum absolute atomic E-state index is 0.0994. The van der Waals surface area contributed by atoms with Gasteiger partial charge in [-0.3, -0.25) is 10.2 Å². The predicted octanol–water partition coefficient (Wildman–Crippen LogP) is 1.97. The van der Waals surface area contributed by atoms with Gasteiger partial charge in [0.05, 0.1) is 5.69 Å². The number of nitrogens with zero attached hydrogens (tertiary/aromatic N) is 1. The summed E-state index contributed by atoms with van der Waals surface area (Å²) >= 11 is 5.56. The molecule has 0 aromatic heterocycles. The monoisotopic (exact) mass is 240 g/mol. The van der Waals surface area contributed by atoms with Gasteiger partial charge in [0.15, 0.2) is 22.5 Å². The number of hydrogen-bond acceptors (Lipinski definition) is 5. The summed E-state index contributed by atoms with van der Waals surface area (Å²) in [5.74, 6) is 1.03. The van der Waals surface area contributed by atoms with Crippen LogP contribution in [0.15, 0.2) is 23.3 Å². The average molecular weight is 241 g/mol. The minimum atomic E-state index is -0.296. The van der Waals surface area contributed by atoms with Crippen LogP contribution in [0.3, 0.4) is 0 Å². The van der Waals surface area contributed by atoms with Crippen molar-refractivity contribution in [2.24, 2.45) is 5.10 Å². The maximum atomic E-state index is 10.8. The van der Waals surface area contributed by atoms with Gasteiger partial charge in [-0.25, -0.2) is 0 Å². The van der Waals surface area contributed by atoms with Crippen LogP contribution >= 0.6 is 11.6 Å². The number of rotatable bonds is 3. The van der Waals surface area contributed by atoms with Gasteiger partial charge in [-0.1, -0.05) is 11.6 Å². The molecule has 1 aliphatic heterocycles. The number of anilines is 1. The number of ketones is 1. The number of ether oxygens (including phenoxy) is 2. The van der Waals surface area contributed by atoms with Crippen LogP contribution in [0.25, 0.3) is 0 Å². The van der Waals surface area contributed by atoms with E-state index in [2.05, 4.69) is 10.5 Å². The summed E-state index contributed by atoms with van der Waals surface area (Å²) in [7, 11) is 0. The molecule has 0 aliphatic carbocycles. The fourth-order valence-electron chi connectivity index (χ4n) is 1.16. The molecule has 0 bridgehead atoms. The van der Waals surface area contributed by atoms with Gasteiger partial charge >= 0.3 is 0 Å². The largest absolute Gasteiger partial charge is 0.454 e. The Bertz CT molecular complexity index is 459.